The van der Waals surface area contributed by atoms with E-state index in [1.54, 1.807) is 0 Å². The van der Waals surface area contributed by atoms with Gasteiger partial charge in [-0.2, -0.15) is 0 Å². The van der Waals surface area contributed by atoms with Crippen LogP contribution < -0.4 is 0 Å². The Morgan fingerprint density at radius 1 is 0.279 bits per heavy atom. The summed E-state index contributed by atoms with van der Waals surface area (Å²) >= 11 is 0. The van der Waals surface area contributed by atoms with Crippen molar-refractivity contribution in [2.45, 2.75) is 0 Å². The van der Waals surface area contributed by atoms with Gasteiger partial charge in [-0.3, -0.25) is 4.57 Å². The van der Waals surface area contributed by atoms with Crippen LogP contribution in [-0.4, -0.2) is 19.1 Å². The van der Waals surface area contributed by atoms with Gasteiger partial charge in [-0.15, -0.1) is 0 Å². The first-order chi connectivity index (χ1) is 33.7. The van der Waals surface area contributed by atoms with Crippen molar-refractivity contribution in [1.29, 1.82) is 0 Å². The minimum Gasteiger partial charge on any atom is -0.309 e. The highest BCUT2D eigenvalue weighted by atomic mass is 15.2. The first kappa shape index (κ1) is 37.1. The summed E-state index contributed by atoms with van der Waals surface area (Å²) < 4.78 is 4.69. The van der Waals surface area contributed by atoms with Crippen LogP contribution in [0.15, 0.2) is 231 Å². The Bertz CT molecular complexity index is 4420. The van der Waals surface area contributed by atoms with E-state index in [2.05, 4.69) is 240 Å². The van der Waals surface area contributed by atoms with Crippen LogP contribution in [0.1, 0.15) is 0 Å². The molecule has 15 rings (SSSR count). The van der Waals surface area contributed by atoms with Gasteiger partial charge >= 0.3 is 0 Å². The smallest absolute Gasteiger partial charge is 0.235 e. The maximum absolute atomic E-state index is 5.44. The molecule has 11 aromatic carbocycles. The van der Waals surface area contributed by atoms with Crippen molar-refractivity contribution in [2.75, 3.05) is 0 Å². The summed E-state index contributed by atoms with van der Waals surface area (Å²) in [7, 11) is 0. The van der Waals surface area contributed by atoms with E-state index in [9.17, 15) is 0 Å². The van der Waals surface area contributed by atoms with E-state index in [0.717, 1.165) is 55.2 Å². The molecule has 0 saturated carbocycles. The van der Waals surface area contributed by atoms with Crippen molar-refractivity contribution < 1.29 is 0 Å². The molecule has 3 aromatic heterocycles. The van der Waals surface area contributed by atoms with Gasteiger partial charge in [0.25, 0.3) is 0 Å². The monoisotopic (exact) mass is 862 g/mol. The van der Waals surface area contributed by atoms with Gasteiger partial charge in [-0.05, 0) is 121 Å². The zero-order valence-electron chi connectivity index (χ0n) is 36.7. The second kappa shape index (κ2) is 14.2. The largest absolute Gasteiger partial charge is 0.309 e. The third-order valence-electron chi connectivity index (χ3n) is 14.5. The van der Waals surface area contributed by atoms with Crippen molar-refractivity contribution in [3.63, 3.8) is 0 Å². The van der Waals surface area contributed by atoms with E-state index in [1.807, 2.05) is 0 Å². The number of hydrogen-bond acceptors (Lipinski definition) is 2. The molecule has 0 amide bonds. The lowest BCUT2D eigenvalue weighted by Gasteiger charge is -2.13. The Morgan fingerprint density at radius 2 is 0.853 bits per heavy atom. The molecule has 0 bridgehead atoms. The molecule has 0 unspecified atom stereocenters. The molecule has 1 aliphatic rings. The average Bonchev–Trinajstić information content (AvgIpc) is 4.04. The van der Waals surface area contributed by atoms with Gasteiger partial charge in [0, 0.05) is 38.2 Å². The minimum atomic E-state index is 0.649. The first-order valence-corrected chi connectivity index (χ1v) is 23.3. The molecule has 314 valence electrons. The van der Waals surface area contributed by atoms with Gasteiger partial charge in [-0.1, -0.05) is 176 Å². The molecule has 14 aromatic rings. The molecule has 0 saturated heterocycles. The lowest BCUT2D eigenvalue weighted by molar-refractivity contribution is 1.01. The average molecular weight is 863 g/mol. The van der Waals surface area contributed by atoms with E-state index in [1.165, 1.54) is 82.3 Å². The van der Waals surface area contributed by atoms with Crippen LogP contribution in [0.4, 0.5) is 0 Å². The van der Waals surface area contributed by atoms with Gasteiger partial charge in [0.1, 0.15) is 0 Å². The van der Waals surface area contributed by atoms with Crippen LogP contribution in [0.5, 0.6) is 0 Å². The van der Waals surface area contributed by atoms with Crippen LogP contribution in [0.3, 0.4) is 0 Å². The predicted molar refractivity (Wildman–Crippen MR) is 284 cm³/mol. The highest BCUT2D eigenvalue weighted by Crippen LogP contribution is 2.51. The van der Waals surface area contributed by atoms with Gasteiger partial charge in [0.15, 0.2) is 0 Å². The Balaban J connectivity index is 0.901. The Labute approximate surface area is 391 Å². The van der Waals surface area contributed by atoms with E-state index >= 15 is 0 Å². The normalized spacial score (nSPS) is 12.1. The van der Waals surface area contributed by atoms with Crippen LogP contribution in [-0.2, 0) is 0 Å². The fraction of sp³-hybridized carbons (Fsp3) is 0. The zero-order chi connectivity index (χ0) is 44.5. The molecule has 0 atom stereocenters. The summed E-state index contributed by atoms with van der Waals surface area (Å²) in [6.07, 6.45) is 0. The van der Waals surface area contributed by atoms with Crippen LogP contribution in [0.2, 0.25) is 0 Å². The summed E-state index contributed by atoms with van der Waals surface area (Å²) in [5.74, 6) is 0.649. The quantitative estimate of drug-likeness (QED) is 0.173. The predicted octanol–water partition coefficient (Wildman–Crippen LogP) is 16.8. The molecule has 1 aliphatic carbocycles. The summed E-state index contributed by atoms with van der Waals surface area (Å²) in [6, 6.07) is 83.8. The summed E-state index contributed by atoms with van der Waals surface area (Å²) in [4.78, 5) is 10.7. The fourth-order valence-electron chi connectivity index (χ4n) is 11.5. The van der Waals surface area contributed by atoms with Crippen LogP contribution in [0, 0.1) is 0 Å². The molecule has 3 heterocycles. The highest BCUT2D eigenvalue weighted by Gasteiger charge is 2.26. The molecule has 0 aliphatic heterocycles. The van der Waals surface area contributed by atoms with Crippen LogP contribution >= 0.6 is 0 Å². The highest BCUT2D eigenvalue weighted by molar-refractivity contribution is 6.29. The molecular formula is C64H38N4. The van der Waals surface area contributed by atoms with Crippen molar-refractivity contribution in [1.82, 2.24) is 19.1 Å². The van der Waals surface area contributed by atoms with Gasteiger partial charge in [0.05, 0.1) is 33.3 Å². The van der Waals surface area contributed by atoms with Gasteiger partial charge in [-0.25, -0.2) is 9.97 Å². The second-order valence-corrected chi connectivity index (χ2v) is 18.1. The third kappa shape index (κ3) is 5.31. The zero-order valence-corrected chi connectivity index (χ0v) is 36.7. The second-order valence-electron chi connectivity index (χ2n) is 18.1. The number of fused-ring (bicyclic) bond motifs is 12. The molecule has 0 radical (unpaired) electrons. The SMILES string of the molecule is c1ccc(-n2c3ccc(-c4ccc5c(c4)c4ccccc4n5-c4nc(-c5ccc(-c6cccc7ccccc67)cc5)c5ccccc5n4)cc3c3c4cccc5c4c(cc32)-c2ccccc2-5)cc1. The summed E-state index contributed by atoms with van der Waals surface area (Å²) in [5.41, 5.74) is 18.5. The fourth-order valence-corrected chi connectivity index (χ4v) is 11.5. The standard InChI is InChI=1S/C64H38N4/c1-2-16-44(17-3-1)67-59-35-33-43(37-55(59)62-52-25-13-24-50-47-19-6-7-20-48(47)54(61(50)52)38-60(62)67)42-32-34-58-53(36-42)49-21-9-11-27-57(49)68(58)64-65-56-26-10-8-22-51(56)63(66-64)41-30-28-40(29-31-41)46-23-12-15-39-14-4-5-18-45(39)46/h1-38H. The molecule has 0 N–H and O–H groups in total. The van der Waals surface area contributed by atoms with E-state index in [0.29, 0.717) is 5.95 Å². The molecule has 4 heteroatoms. The number of aromatic nitrogens is 4. The summed E-state index contributed by atoms with van der Waals surface area (Å²) in [5, 5.41) is 11.0. The van der Waals surface area contributed by atoms with Gasteiger partial charge in [0.2, 0.25) is 5.95 Å². The van der Waals surface area contributed by atoms with Crippen molar-refractivity contribution in [3.8, 4) is 67.4 Å². The molecule has 68 heavy (non-hydrogen) atoms. The molecule has 0 spiro atoms. The van der Waals surface area contributed by atoms with E-state index < -0.39 is 0 Å². The van der Waals surface area contributed by atoms with Crippen molar-refractivity contribution >= 4 is 76.1 Å². The maximum Gasteiger partial charge on any atom is 0.235 e. The van der Waals surface area contributed by atoms with E-state index in [-0.39, 0.29) is 0 Å². The van der Waals surface area contributed by atoms with Crippen molar-refractivity contribution in [2.24, 2.45) is 0 Å². The Morgan fingerprint density at radius 3 is 1.69 bits per heavy atom. The number of rotatable bonds is 5. The third-order valence-corrected chi connectivity index (χ3v) is 14.5. The minimum absolute atomic E-state index is 0.649. The molecule has 0 fully saturated rings. The number of para-hydroxylation sites is 3. The number of hydrogen-bond donors (Lipinski definition) is 0. The number of nitrogens with zero attached hydrogens (tertiary/aromatic N) is 4. The van der Waals surface area contributed by atoms with Crippen molar-refractivity contribution in [3.05, 3.63) is 231 Å². The summed E-state index contributed by atoms with van der Waals surface area (Å²) in [6.45, 7) is 0. The molecular weight excluding hydrogens is 825 g/mol. The Kier molecular flexibility index (Phi) is 7.75. The van der Waals surface area contributed by atoms with E-state index in [4.69, 9.17) is 9.97 Å². The first-order valence-electron chi connectivity index (χ1n) is 23.3. The van der Waals surface area contributed by atoms with Gasteiger partial charge < -0.3 is 4.57 Å². The Hall–Kier alpha value is -9.12. The molecule has 4 nitrogen and oxygen atoms in total. The number of benzene rings is 11. The lowest BCUT2D eigenvalue weighted by Crippen LogP contribution is -2.03. The lowest BCUT2D eigenvalue weighted by atomic mass is 9.96. The topological polar surface area (TPSA) is 35.6 Å². The maximum atomic E-state index is 5.44. The van der Waals surface area contributed by atoms with Crippen LogP contribution in [0.25, 0.3) is 143 Å².